The van der Waals surface area contributed by atoms with Gasteiger partial charge in [0.1, 0.15) is 0 Å². The average Bonchev–Trinajstić information content (AvgIpc) is 2.59. The van der Waals surface area contributed by atoms with Crippen LogP contribution in [-0.4, -0.2) is 25.0 Å². The van der Waals surface area contributed by atoms with Crippen LogP contribution in [0.1, 0.15) is 33.5 Å². The first-order valence-corrected chi connectivity index (χ1v) is 8.19. The lowest BCUT2D eigenvalue weighted by Gasteiger charge is -2.29. The maximum absolute atomic E-state index is 12.5. The van der Waals surface area contributed by atoms with Gasteiger partial charge in [0.15, 0.2) is 6.61 Å². The van der Waals surface area contributed by atoms with Crippen LogP contribution in [0.3, 0.4) is 0 Å². The van der Waals surface area contributed by atoms with Crippen molar-refractivity contribution in [3.05, 3.63) is 64.7 Å². The Labute approximate surface area is 142 Å². The number of nitrogens with zero attached hydrogens (tertiary/aromatic N) is 1. The predicted octanol–water partition coefficient (Wildman–Crippen LogP) is 3.44. The molecule has 3 rings (SSSR count). The van der Waals surface area contributed by atoms with Gasteiger partial charge in [-0.05, 0) is 49.9 Å². The number of ether oxygens (including phenoxy) is 1. The highest BCUT2D eigenvalue weighted by molar-refractivity contribution is 5.98. The number of para-hydroxylation sites is 1. The fourth-order valence-corrected chi connectivity index (χ4v) is 3.12. The molecule has 0 atom stereocenters. The summed E-state index contributed by atoms with van der Waals surface area (Å²) >= 11 is 0. The fourth-order valence-electron chi connectivity index (χ4n) is 3.12. The normalized spacial score (nSPS) is 13.3. The van der Waals surface area contributed by atoms with Crippen LogP contribution < -0.4 is 4.90 Å². The number of esters is 1. The van der Waals surface area contributed by atoms with E-state index in [1.54, 1.807) is 11.0 Å². The molecule has 0 unspecified atom stereocenters. The molecule has 1 aliphatic rings. The number of amides is 1. The summed E-state index contributed by atoms with van der Waals surface area (Å²) in [5, 5.41) is 0. The zero-order valence-electron chi connectivity index (χ0n) is 14.0. The van der Waals surface area contributed by atoms with Crippen molar-refractivity contribution in [3.8, 4) is 0 Å². The average molecular weight is 323 g/mol. The van der Waals surface area contributed by atoms with E-state index in [4.69, 9.17) is 4.74 Å². The molecular formula is C20H21NO3. The third-order valence-corrected chi connectivity index (χ3v) is 4.34. The van der Waals surface area contributed by atoms with Gasteiger partial charge in [0.2, 0.25) is 0 Å². The second kappa shape index (κ2) is 6.87. The molecule has 0 spiro atoms. The number of carbonyl (C=O) groups excluding carboxylic acids is 2. The van der Waals surface area contributed by atoms with E-state index in [-0.39, 0.29) is 12.5 Å². The van der Waals surface area contributed by atoms with E-state index < -0.39 is 5.97 Å². The molecule has 1 aliphatic heterocycles. The molecule has 0 radical (unpaired) electrons. The Kier molecular flexibility index (Phi) is 4.65. The zero-order valence-corrected chi connectivity index (χ0v) is 14.0. The second-order valence-corrected chi connectivity index (χ2v) is 6.17. The van der Waals surface area contributed by atoms with Crippen LogP contribution in [0, 0.1) is 13.8 Å². The number of rotatable bonds is 3. The van der Waals surface area contributed by atoms with Crippen molar-refractivity contribution in [3.63, 3.8) is 0 Å². The van der Waals surface area contributed by atoms with Gasteiger partial charge in [0.05, 0.1) is 5.56 Å². The molecule has 124 valence electrons. The molecule has 1 amide bonds. The molecule has 2 aromatic carbocycles. The van der Waals surface area contributed by atoms with Crippen LogP contribution in [0.15, 0.2) is 42.5 Å². The van der Waals surface area contributed by atoms with Gasteiger partial charge in [-0.25, -0.2) is 4.79 Å². The first-order valence-electron chi connectivity index (χ1n) is 8.19. The quantitative estimate of drug-likeness (QED) is 0.813. The minimum Gasteiger partial charge on any atom is -0.452 e. The van der Waals surface area contributed by atoms with Gasteiger partial charge in [-0.3, -0.25) is 4.79 Å². The van der Waals surface area contributed by atoms with Crippen LogP contribution in [0.2, 0.25) is 0 Å². The third kappa shape index (κ3) is 3.32. The van der Waals surface area contributed by atoms with Gasteiger partial charge in [-0.15, -0.1) is 0 Å². The second-order valence-electron chi connectivity index (χ2n) is 6.17. The molecule has 0 bridgehead atoms. The Hall–Kier alpha value is -2.62. The molecule has 2 aromatic rings. The summed E-state index contributed by atoms with van der Waals surface area (Å²) in [5.74, 6) is -0.633. The number of hydrogen-bond acceptors (Lipinski definition) is 3. The highest BCUT2D eigenvalue weighted by Crippen LogP contribution is 2.26. The Morgan fingerprint density at radius 3 is 2.71 bits per heavy atom. The zero-order chi connectivity index (χ0) is 17.1. The maximum Gasteiger partial charge on any atom is 0.338 e. The van der Waals surface area contributed by atoms with E-state index in [0.29, 0.717) is 12.1 Å². The standard InChI is InChI=1S/C20H21NO3/c1-14-9-10-17(15(2)12-14)20(23)24-13-19(22)21-11-5-7-16-6-3-4-8-18(16)21/h3-4,6,8-10,12H,5,7,11,13H2,1-2H3. The van der Waals surface area contributed by atoms with E-state index in [1.165, 1.54) is 0 Å². The molecule has 0 fully saturated rings. The molecule has 0 saturated carbocycles. The van der Waals surface area contributed by atoms with Crippen molar-refractivity contribution in [1.82, 2.24) is 0 Å². The van der Waals surface area contributed by atoms with Crippen molar-refractivity contribution in [1.29, 1.82) is 0 Å². The van der Waals surface area contributed by atoms with Crippen molar-refractivity contribution >= 4 is 17.6 Å². The molecule has 0 aromatic heterocycles. The van der Waals surface area contributed by atoms with Gasteiger partial charge in [-0.2, -0.15) is 0 Å². The monoisotopic (exact) mass is 323 g/mol. The molecular weight excluding hydrogens is 302 g/mol. The summed E-state index contributed by atoms with van der Waals surface area (Å²) < 4.78 is 5.25. The number of aryl methyl sites for hydroxylation is 3. The number of hydrogen-bond donors (Lipinski definition) is 0. The Bertz CT molecular complexity index is 782. The predicted molar refractivity (Wildman–Crippen MR) is 93.3 cm³/mol. The van der Waals surface area contributed by atoms with E-state index in [0.717, 1.165) is 35.2 Å². The Morgan fingerprint density at radius 1 is 1.12 bits per heavy atom. The number of benzene rings is 2. The van der Waals surface area contributed by atoms with Gasteiger partial charge in [0, 0.05) is 12.2 Å². The van der Waals surface area contributed by atoms with Crippen LogP contribution in [0.5, 0.6) is 0 Å². The van der Waals surface area contributed by atoms with Crippen molar-refractivity contribution in [2.45, 2.75) is 26.7 Å². The van der Waals surface area contributed by atoms with Crippen molar-refractivity contribution < 1.29 is 14.3 Å². The summed E-state index contributed by atoms with van der Waals surface area (Å²) in [5.41, 5.74) is 4.54. The van der Waals surface area contributed by atoms with Gasteiger partial charge >= 0.3 is 5.97 Å². The largest absolute Gasteiger partial charge is 0.452 e. The SMILES string of the molecule is Cc1ccc(C(=O)OCC(=O)N2CCCc3ccccc32)c(C)c1. The van der Waals surface area contributed by atoms with Crippen molar-refractivity contribution in [2.24, 2.45) is 0 Å². The maximum atomic E-state index is 12.5. The lowest BCUT2D eigenvalue weighted by atomic mass is 10.0. The van der Waals surface area contributed by atoms with Gasteiger partial charge in [0.25, 0.3) is 5.91 Å². The molecule has 0 saturated heterocycles. The molecule has 0 N–H and O–H groups in total. The summed E-state index contributed by atoms with van der Waals surface area (Å²) in [6.45, 7) is 4.27. The van der Waals surface area contributed by atoms with Gasteiger partial charge in [-0.1, -0.05) is 35.9 Å². The summed E-state index contributed by atoms with van der Waals surface area (Å²) in [6, 6.07) is 13.4. The highest BCUT2D eigenvalue weighted by atomic mass is 16.5. The Balaban J connectivity index is 1.67. The highest BCUT2D eigenvalue weighted by Gasteiger charge is 2.23. The van der Waals surface area contributed by atoms with Crippen LogP contribution in [0.25, 0.3) is 0 Å². The summed E-state index contributed by atoms with van der Waals surface area (Å²) in [4.78, 5) is 26.4. The molecule has 4 nitrogen and oxygen atoms in total. The van der Waals surface area contributed by atoms with E-state index in [2.05, 4.69) is 0 Å². The number of anilines is 1. The minimum atomic E-state index is -0.453. The molecule has 0 aliphatic carbocycles. The number of fused-ring (bicyclic) bond motifs is 1. The van der Waals surface area contributed by atoms with E-state index in [9.17, 15) is 9.59 Å². The number of carbonyl (C=O) groups is 2. The summed E-state index contributed by atoms with van der Waals surface area (Å²) in [7, 11) is 0. The van der Waals surface area contributed by atoms with E-state index in [1.807, 2.05) is 50.2 Å². The van der Waals surface area contributed by atoms with Crippen LogP contribution in [0.4, 0.5) is 5.69 Å². The van der Waals surface area contributed by atoms with Crippen LogP contribution in [-0.2, 0) is 16.0 Å². The lowest BCUT2D eigenvalue weighted by molar-refractivity contribution is -0.121. The molecule has 4 heteroatoms. The first kappa shape index (κ1) is 16.2. The lowest BCUT2D eigenvalue weighted by Crippen LogP contribution is -2.38. The molecule has 1 heterocycles. The molecule has 24 heavy (non-hydrogen) atoms. The first-order chi connectivity index (χ1) is 11.6. The van der Waals surface area contributed by atoms with E-state index >= 15 is 0 Å². The topological polar surface area (TPSA) is 46.6 Å². The smallest absolute Gasteiger partial charge is 0.338 e. The summed E-state index contributed by atoms with van der Waals surface area (Å²) in [6.07, 6.45) is 1.90. The Morgan fingerprint density at radius 2 is 1.92 bits per heavy atom. The fraction of sp³-hybridized carbons (Fsp3) is 0.300. The minimum absolute atomic E-state index is 0.180. The van der Waals surface area contributed by atoms with Crippen LogP contribution >= 0.6 is 0 Å². The van der Waals surface area contributed by atoms with Crippen molar-refractivity contribution in [2.75, 3.05) is 18.1 Å². The van der Waals surface area contributed by atoms with Gasteiger partial charge < -0.3 is 9.64 Å². The third-order valence-electron chi connectivity index (χ3n) is 4.34.